The predicted molar refractivity (Wildman–Crippen MR) is 48.0 cm³/mol. The molecule has 10 heavy (non-hydrogen) atoms. The zero-order valence-corrected chi connectivity index (χ0v) is 6.77. The lowest BCUT2D eigenvalue weighted by Gasteiger charge is -1.94. The summed E-state index contributed by atoms with van der Waals surface area (Å²) in [5, 5.41) is 0. The smallest absolute Gasteiger partial charge is 0.0285 e. The molecule has 0 nitrogen and oxygen atoms in total. The van der Waals surface area contributed by atoms with E-state index in [4.69, 9.17) is 0 Å². The monoisotopic (exact) mass is 136 g/mol. The molecule has 56 valence electrons. The first-order valence-corrected chi connectivity index (χ1v) is 3.78. The molecule has 0 N–H and O–H groups in total. The first-order valence-electron chi connectivity index (χ1n) is 3.78. The number of unbranched alkanes of at least 4 members (excludes halogenated alkanes) is 1. The highest BCUT2D eigenvalue weighted by atomic mass is 13.9. The van der Waals surface area contributed by atoms with Crippen molar-refractivity contribution in [1.29, 1.82) is 0 Å². The van der Waals surface area contributed by atoms with E-state index < -0.39 is 0 Å². The third kappa shape index (κ3) is 5.36. The number of rotatable bonds is 5. The van der Waals surface area contributed by atoms with Crippen molar-refractivity contribution in [3.8, 4) is 0 Å². The Morgan fingerprint density at radius 1 is 1.50 bits per heavy atom. The van der Waals surface area contributed by atoms with Gasteiger partial charge in [0, 0.05) is 0 Å². The van der Waals surface area contributed by atoms with Crippen molar-refractivity contribution in [2.75, 3.05) is 0 Å². The molecule has 0 aliphatic heterocycles. The summed E-state index contributed by atoms with van der Waals surface area (Å²) < 4.78 is 0. The molecule has 0 heteroatoms. The summed E-state index contributed by atoms with van der Waals surface area (Å²) in [7, 11) is 0. The first-order chi connectivity index (χ1) is 4.81. The molecule has 0 atom stereocenters. The van der Waals surface area contributed by atoms with Gasteiger partial charge in [0.05, 0.1) is 0 Å². The van der Waals surface area contributed by atoms with Crippen molar-refractivity contribution < 1.29 is 0 Å². The Morgan fingerprint density at radius 2 is 2.20 bits per heavy atom. The van der Waals surface area contributed by atoms with Gasteiger partial charge >= 0.3 is 0 Å². The summed E-state index contributed by atoms with van der Waals surface area (Å²) in [6.07, 6.45) is 9.31. The van der Waals surface area contributed by atoms with Gasteiger partial charge in [-0.3, -0.25) is 0 Å². The number of hydrogen-bond acceptors (Lipinski definition) is 0. The third-order valence-corrected chi connectivity index (χ3v) is 1.32. The highest BCUT2D eigenvalue weighted by molar-refractivity contribution is 5.17. The van der Waals surface area contributed by atoms with Crippen LogP contribution in [0.25, 0.3) is 0 Å². The van der Waals surface area contributed by atoms with E-state index >= 15 is 0 Å². The zero-order chi connectivity index (χ0) is 7.82. The van der Waals surface area contributed by atoms with Crippen LogP contribution in [0.2, 0.25) is 0 Å². The second-order valence-electron chi connectivity index (χ2n) is 2.36. The van der Waals surface area contributed by atoms with Gasteiger partial charge < -0.3 is 0 Å². The van der Waals surface area contributed by atoms with E-state index in [0.717, 1.165) is 6.42 Å². The Kier molecular flexibility index (Phi) is 5.85. The van der Waals surface area contributed by atoms with Crippen molar-refractivity contribution in [3.05, 3.63) is 37.0 Å². The first kappa shape index (κ1) is 9.22. The Balaban J connectivity index is 3.43. The number of hydrogen-bond donors (Lipinski definition) is 0. The van der Waals surface area contributed by atoms with Gasteiger partial charge in [-0.25, -0.2) is 0 Å². The van der Waals surface area contributed by atoms with Crippen LogP contribution in [0.15, 0.2) is 37.0 Å². The lowest BCUT2D eigenvalue weighted by molar-refractivity contribution is 0.799. The third-order valence-electron chi connectivity index (χ3n) is 1.32. The van der Waals surface area contributed by atoms with E-state index in [1.54, 1.807) is 6.08 Å². The zero-order valence-electron chi connectivity index (χ0n) is 6.77. The summed E-state index contributed by atoms with van der Waals surface area (Å²) in [5.41, 5.74) is 1.20. The molecule has 0 aromatic heterocycles. The molecule has 0 spiro atoms. The maximum atomic E-state index is 3.90. The van der Waals surface area contributed by atoms with Gasteiger partial charge in [0.15, 0.2) is 0 Å². The fraction of sp³-hybridized carbons (Fsp3) is 0.400. The summed E-state index contributed by atoms with van der Waals surface area (Å²) >= 11 is 0. The standard InChI is InChI=1S/C10H16/c1-4-6-8-10(3)9-7-5-2/h4,6,8H,1,3,5,7,9H2,2H3/b8-6-. The van der Waals surface area contributed by atoms with Gasteiger partial charge in [-0.1, -0.05) is 50.3 Å². The van der Waals surface area contributed by atoms with Crippen molar-refractivity contribution in [3.63, 3.8) is 0 Å². The molecule has 0 fully saturated rings. The molecule has 0 aliphatic carbocycles. The van der Waals surface area contributed by atoms with Crippen molar-refractivity contribution in [1.82, 2.24) is 0 Å². The maximum absolute atomic E-state index is 3.90. The molecule has 0 aromatic rings. The van der Waals surface area contributed by atoms with Crippen LogP contribution in [-0.2, 0) is 0 Å². The van der Waals surface area contributed by atoms with Gasteiger partial charge in [0.1, 0.15) is 0 Å². The van der Waals surface area contributed by atoms with Crippen LogP contribution in [0.3, 0.4) is 0 Å². The van der Waals surface area contributed by atoms with Crippen molar-refractivity contribution in [2.24, 2.45) is 0 Å². The Bertz CT molecular complexity index is 129. The van der Waals surface area contributed by atoms with Crippen molar-refractivity contribution in [2.45, 2.75) is 26.2 Å². The fourth-order valence-electron chi connectivity index (χ4n) is 0.691. The Morgan fingerprint density at radius 3 is 2.70 bits per heavy atom. The molecular formula is C10H16. The van der Waals surface area contributed by atoms with E-state index in [1.165, 1.54) is 18.4 Å². The molecule has 0 aromatic carbocycles. The molecule has 0 heterocycles. The minimum absolute atomic E-state index is 1.11. The van der Waals surface area contributed by atoms with E-state index in [-0.39, 0.29) is 0 Å². The normalized spacial score (nSPS) is 10.1. The molecule has 0 unspecified atom stereocenters. The lowest BCUT2D eigenvalue weighted by Crippen LogP contribution is -1.74. The average molecular weight is 136 g/mol. The van der Waals surface area contributed by atoms with Crippen LogP contribution in [0.4, 0.5) is 0 Å². The summed E-state index contributed by atoms with van der Waals surface area (Å²) in [6, 6.07) is 0. The summed E-state index contributed by atoms with van der Waals surface area (Å²) in [4.78, 5) is 0. The molecular weight excluding hydrogens is 120 g/mol. The van der Waals surface area contributed by atoms with E-state index in [0.29, 0.717) is 0 Å². The van der Waals surface area contributed by atoms with Crippen LogP contribution in [0.1, 0.15) is 26.2 Å². The fourth-order valence-corrected chi connectivity index (χ4v) is 0.691. The van der Waals surface area contributed by atoms with Gasteiger partial charge in [-0.15, -0.1) is 0 Å². The Hall–Kier alpha value is -0.780. The van der Waals surface area contributed by atoms with E-state index in [9.17, 15) is 0 Å². The quantitative estimate of drug-likeness (QED) is 0.508. The molecule has 0 rings (SSSR count). The molecule has 0 amide bonds. The summed E-state index contributed by atoms with van der Waals surface area (Å²) in [6.45, 7) is 9.67. The van der Waals surface area contributed by atoms with E-state index in [2.05, 4.69) is 20.1 Å². The lowest BCUT2D eigenvalue weighted by atomic mass is 10.1. The molecule has 0 saturated heterocycles. The Labute approximate surface area is 64.0 Å². The minimum Gasteiger partial charge on any atom is -0.0991 e. The second kappa shape index (κ2) is 6.34. The van der Waals surface area contributed by atoms with E-state index in [1.807, 2.05) is 12.2 Å². The van der Waals surface area contributed by atoms with Gasteiger partial charge in [-0.05, 0) is 12.8 Å². The van der Waals surface area contributed by atoms with Gasteiger partial charge in [-0.2, -0.15) is 0 Å². The van der Waals surface area contributed by atoms with Gasteiger partial charge in [0.2, 0.25) is 0 Å². The number of allylic oxidation sites excluding steroid dienone is 4. The molecule has 0 aliphatic rings. The topological polar surface area (TPSA) is 0 Å². The SMILES string of the molecule is C=C/C=C\C(=C)CCCC. The molecule has 0 radical (unpaired) electrons. The highest BCUT2D eigenvalue weighted by Gasteiger charge is 1.85. The summed E-state index contributed by atoms with van der Waals surface area (Å²) in [5.74, 6) is 0. The average Bonchev–Trinajstić information content (AvgIpc) is 1.97. The van der Waals surface area contributed by atoms with Crippen LogP contribution >= 0.6 is 0 Å². The maximum Gasteiger partial charge on any atom is -0.0285 e. The van der Waals surface area contributed by atoms with Gasteiger partial charge in [0.25, 0.3) is 0 Å². The van der Waals surface area contributed by atoms with Crippen LogP contribution in [-0.4, -0.2) is 0 Å². The van der Waals surface area contributed by atoms with Crippen LogP contribution < -0.4 is 0 Å². The van der Waals surface area contributed by atoms with Crippen molar-refractivity contribution >= 4 is 0 Å². The predicted octanol–water partition coefficient (Wildman–Crippen LogP) is 3.48. The molecule has 0 saturated carbocycles. The van der Waals surface area contributed by atoms with Crippen LogP contribution in [0.5, 0.6) is 0 Å². The molecule has 0 bridgehead atoms. The largest absolute Gasteiger partial charge is 0.0991 e. The highest BCUT2D eigenvalue weighted by Crippen LogP contribution is 2.05. The second-order valence-corrected chi connectivity index (χ2v) is 2.36. The minimum atomic E-state index is 1.11. The van der Waals surface area contributed by atoms with Crippen LogP contribution in [0, 0.1) is 0 Å².